The van der Waals surface area contributed by atoms with E-state index < -0.39 is 0 Å². The summed E-state index contributed by atoms with van der Waals surface area (Å²) in [5.74, 6) is 0.155. The predicted octanol–water partition coefficient (Wildman–Crippen LogP) is 3.28. The maximum atomic E-state index is 11.4. The predicted molar refractivity (Wildman–Crippen MR) is 95.3 cm³/mol. The number of hydrogen-bond donors (Lipinski definition) is 2. The van der Waals surface area contributed by atoms with Gasteiger partial charge in [-0.1, -0.05) is 18.6 Å². The Morgan fingerprint density at radius 2 is 1.80 bits per heavy atom. The molecule has 0 fully saturated rings. The average molecular weight is 411 g/mol. The van der Waals surface area contributed by atoms with Crippen molar-refractivity contribution in [3.63, 3.8) is 0 Å². The summed E-state index contributed by atoms with van der Waals surface area (Å²) in [6, 6.07) is 8.64. The third-order valence-electron chi connectivity index (χ3n) is 2.99. The van der Waals surface area contributed by atoms with E-state index >= 15 is 0 Å². The van der Waals surface area contributed by atoms with Crippen LogP contribution in [0.25, 0.3) is 0 Å². The highest BCUT2D eigenvalue weighted by Crippen LogP contribution is 2.10. The van der Waals surface area contributed by atoms with Crippen molar-refractivity contribution in [2.24, 2.45) is 5.73 Å². The molecule has 3 nitrogen and oxygen atoms in total. The normalized spacial score (nSPS) is 9.90. The number of benzene rings is 1. The molecule has 1 aromatic rings. The monoisotopic (exact) mass is 410 g/mol. The second-order valence-electron chi connectivity index (χ2n) is 4.68. The Kier molecular flexibility index (Phi) is 12.2. The Hall–Kier alpha value is -0.330. The molecule has 1 rings (SSSR count). The smallest absolute Gasteiger partial charge is 0.219 e. The van der Waals surface area contributed by atoms with Crippen LogP contribution in [-0.2, 0) is 11.2 Å². The number of carbonyl (C=O) groups excluding carboxylic acids is 1. The van der Waals surface area contributed by atoms with Crippen molar-refractivity contribution in [2.75, 3.05) is 13.1 Å². The van der Waals surface area contributed by atoms with Crippen molar-refractivity contribution in [3.05, 3.63) is 33.4 Å². The minimum atomic E-state index is 0. The first-order chi connectivity index (χ1) is 9.22. The fourth-order valence-corrected chi connectivity index (χ4v) is 2.22. The molecule has 0 radical (unpaired) electrons. The van der Waals surface area contributed by atoms with E-state index in [1.54, 1.807) is 0 Å². The van der Waals surface area contributed by atoms with Crippen molar-refractivity contribution in [1.29, 1.82) is 0 Å². The zero-order chi connectivity index (χ0) is 13.9. The summed E-state index contributed by atoms with van der Waals surface area (Å²) in [4.78, 5) is 11.4. The molecule has 5 heteroatoms. The van der Waals surface area contributed by atoms with E-state index in [9.17, 15) is 4.79 Å². The van der Waals surface area contributed by atoms with E-state index in [2.05, 4.69) is 52.2 Å². The molecule has 114 valence electrons. The first-order valence-electron chi connectivity index (χ1n) is 6.93. The summed E-state index contributed by atoms with van der Waals surface area (Å²) < 4.78 is 1.27. The van der Waals surface area contributed by atoms with Crippen LogP contribution >= 0.6 is 35.0 Å². The van der Waals surface area contributed by atoms with Gasteiger partial charge in [-0.05, 0) is 72.5 Å². The highest BCUT2D eigenvalue weighted by atomic mass is 127. The maximum absolute atomic E-state index is 11.4. The summed E-state index contributed by atoms with van der Waals surface area (Å²) in [6.45, 7) is 1.34. The van der Waals surface area contributed by atoms with Crippen molar-refractivity contribution in [2.45, 2.75) is 38.5 Å². The molecule has 0 bridgehead atoms. The van der Waals surface area contributed by atoms with Crippen molar-refractivity contribution >= 4 is 40.9 Å². The molecule has 0 spiro atoms. The van der Waals surface area contributed by atoms with Gasteiger partial charge in [-0.25, -0.2) is 0 Å². The Labute approximate surface area is 141 Å². The number of nitrogens with one attached hydrogen (secondary N) is 1. The van der Waals surface area contributed by atoms with Crippen molar-refractivity contribution < 1.29 is 4.79 Å². The SMILES string of the molecule is Cl.NCCCNC(=O)CCCCCc1ccc(I)cc1. The third kappa shape index (κ3) is 9.55. The number of rotatable bonds is 9. The molecule has 0 aromatic heterocycles. The van der Waals surface area contributed by atoms with Gasteiger partial charge >= 0.3 is 0 Å². The third-order valence-corrected chi connectivity index (χ3v) is 3.70. The lowest BCUT2D eigenvalue weighted by Crippen LogP contribution is -2.25. The molecule has 0 heterocycles. The van der Waals surface area contributed by atoms with Gasteiger partial charge in [0.1, 0.15) is 0 Å². The van der Waals surface area contributed by atoms with E-state index in [1.165, 1.54) is 9.13 Å². The molecule has 0 saturated heterocycles. The Bertz CT molecular complexity index is 371. The van der Waals surface area contributed by atoms with Crippen molar-refractivity contribution in [3.8, 4) is 0 Å². The number of hydrogen-bond acceptors (Lipinski definition) is 2. The van der Waals surface area contributed by atoms with Crippen LogP contribution < -0.4 is 11.1 Å². The van der Waals surface area contributed by atoms with E-state index in [0.29, 0.717) is 19.5 Å². The van der Waals surface area contributed by atoms with Crippen LogP contribution in [0.4, 0.5) is 0 Å². The molecule has 0 aliphatic rings. The topological polar surface area (TPSA) is 55.1 Å². The standard InChI is InChI=1S/C15H23IN2O.ClH/c16-14-9-7-13(8-10-14)5-2-1-3-6-15(19)18-12-4-11-17;/h7-10H,1-6,11-12,17H2,(H,18,19);1H. The molecule has 0 atom stereocenters. The summed E-state index contributed by atoms with van der Waals surface area (Å²) in [5, 5.41) is 2.88. The molecule has 0 aliphatic carbocycles. The lowest BCUT2D eigenvalue weighted by atomic mass is 10.1. The van der Waals surface area contributed by atoms with Gasteiger partial charge in [0.15, 0.2) is 0 Å². The number of amides is 1. The Balaban J connectivity index is 0.00000361. The van der Waals surface area contributed by atoms with Crippen LogP contribution in [0.2, 0.25) is 0 Å². The van der Waals surface area contributed by atoms with Crippen LogP contribution in [0.1, 0.15) is 37.7 Å². The molecule has 0 aliphatic heterocycles. The van der Waals surface area contributed by atoms with Crippen LogP contribution in [0.5, 0.6) is 0 Å². The van der Waals surface area contributed by atoms with Crippen molar-refractivity contribution in [1.82, 2.24) is 5.32 Å². The molecule has 0 unspecified atom stereocenters. The van der Waals surface area contributed by atoms with Gasteiger partial charge in [0, 0.05) is 16.5 Å². The fraction of sp³-hybridized carbons (Fsp3) is 0.533. The second-order valence-corrected chi connectivity index (χ2v) is 5.92. The van der Waals surface area contributed by atoms with Crippen LogP contribution in [0, 0.1) is 3.57 Å². The number of halogens is 2. The molecule has 1 amide bonds. The highest BCUT2D eigenvalue weighted by Gasteiger charge is 2.00. The van der Waals surface area contributed by atoms with Crippen LogP contribution in [0.3, 0.4) is 0 Å². The van der Waals surface area contributed by atoms with E-state index in [0.717, 1.165) is 32.1 Å². The number of unbranched alkanes of at least 4 members (excludes halogenated alkanes) is 2. The summed E-state index contributed by atoms with van der Waals surface area (Å²) in [7, 11) is 0. The summed E-state index contributed by atoms with van der Waals surface area (Å²) >= 11 is 2.32. The quantitative estimate of drug-likeness (QED) is 0.485. The molecule has 1 aromatic carbocycles. The van der Waals surface area contributed by atoms with Gasteiger partial charge in [0.2, 0.25) is 5.91 Å². The van der Waals surface area contributed by atoms with E-state index in [4.69, 9.17) is 5.73 Å². The first kappa shape index (κ1) is 19.7. The number of aryl methyl sites for hydroxylation is 1. The number of nitrogens with two attached hydrogens (primary N) is 1. The minimum absolute atomic E-state index is 0. The average Bonchev–Trinajstić information content (AvgIpc) is 2.41. The minimum Gasteiger partial charge on any atom is -0.356 e. The van der Waals surface area contributed by atoms with Gasteiger partial charge in [0.05, 0.1) is 0 Å². The Morgan fingerprint density at radius 3 is 2.45 bits per heavy atom. The van der Waals surface area contributed by atoms with Gasteiger partial charge in [-0.2, -0.15) is 0 Å². The second kappa shape index (κ2) is 12.4. The van der Waals surface area contributed by atoms with Gasteiger partial charge in [-0.15, -0.1) is 12.4 Å². The van der Waals surface area contributed by atoms with Crippen LogP contribution in [-0.4, -0.2) is 19.0 Å². The zero-order valence-electron chi connectivity index (χ0n) is 11.7. The van der Waals surface area contributed by atoms with Gasteiger partial charge in [0.25, 0.3) is 0 Å². The molecule has 20 heavy (non-hydrogen) atoms. The molecular weight excluding hydrogens is 387 g/mol. The van der Waals surface area contributed by atoms with Gasteiger partial charge in [-0.3, -0.25) is 4.79 Å². The first-order valence-corrected chi connectivity index (χ1v) is 8.01. The van der Waals surface area contributed by atoms with E-state index in [1.807, 2.05) is 0 Å². The molecule has 3 N–H and O–H groups in total. The molecule has 0 saturated carbocycles. The van der Waals surface area contributed by atoms with Crippen LogP contribution in [0.15, 0.2) is 24.3 Å². The zero-order valence-corrected chi connectivity index (χ0v) is 14.7. The summed E-state index contributed by atoms with van der Waals surface area (Å²) in [6.07, 6.45) is 5.83. The largest absolute Gasteiger partial charge is 0.356 e. The summed E-state index contributed by atoms with van der Waals surface area (Å²) in [5.41, 5.74) is 6.75. The van der Waals surface area contributed by atoms with E-state index in [-0.39, 0.29) is 18.3 Å². The molecular formula is C15H24ClIN2O. The lowest BCUT2D eigenvalue weighted by Gasteiger charge is -2.04. The fourth-order valence-electron chi connectivity index (χ4n) is 1.86. The highest BCUT2D eigenvalue weighted by molar-refractivity contribution is 14.1. The van der Waals surface area contributed by atoms with Gasteiger partial charge < -0.3 is 11.1 Å². The lowest BCUT2D eigenvalue weighted by molar-refractivity contribution is -0.121. The Morgan fingerprint density at radius 1 is 1.10 bits per heavy atom. The maximum Gasteiger partial charge on any atom is 0.219 e. The number of carbonyl (C=O) groups is 1.